The van der Waals surface area contributed by atoms with Gasteiger partial charge >= 0.3 is 23.1 Å². The molecule has 10 aromatic carbocycles. The molecule has 0 amide bonds. The Labute approximate surface area is 581 Å². The number of fused-ring (bicyclic) bond motifs is 29. The fourth-order valence-corrected chi connectivity index (χ4v) is 16.8. The summed E-state index contributed by atoms with van der Waals surface area (Å²) in [5, 5.41) is 236. The molecule has 8 bridgehead atoms. The number of hydrogen-bond donors (Lipinski definition) is 20. The van der Waals surface area contributed by atoms with Crippen molar-refractivity contribution in [3.8, 4) is 138 Å². The van der Waals surface area contributed by atoms with Gasteiger partial charge in [0.05, 0.1) is 29.8 Å². The summed E-state index contributed by atoms with van der Waals surface area (Å²) in [5.41, 5.74) is -2.40. The predicted octanol–water partition coefficient (Wildman–Crippen LogP) is 6.83. The number of phenols is 15. The number of phenolic OH excluding ortho intramolecular Hbond substituents is 15. The molecule has 0 aliphatic carbocycles. The van der Waals surface area contributed by atoms with E-state index in [-0.39, 0.29) is 107 Å². The molecule has 0 spiro atoms. The number of aliphatic hydroxyl groups excluding tert-OH is 5. The molecular formula is C75H54O29. The molecule has 14 atom stereocenters. The van der Waals surface area contributed by atoms with Crippen molar-refractivity contribution in [2.45, 2.75) is 89.9 Å². The second-order valence-corrected chi connectivity index (χ2v) is 27.0. The Morgan fingerprint density at radius 1 is 0.269 bits per heavy atom. The summed E-state index contributed by atoms with van der Waals surface area (Å²) in [5.74, 6) is -30.1. The molecule has 9 aliphatic rings. The van der Waals surface area contributed by atoms with E-state index in [4.69, 9.17) is 42.6 Å². The Bertz CT molecular complexity index is 5530. The van der Waals surface area contributed by atoms with E-state index in [0.29, 0.717) is 0 Å². The summed E-state index contributed by atoms with van der Waals surface area (Å²) < 4.78 is 61.7. The molecule has 104 heavy (non-hydrogen) atoms. The van der Waals surface area contributed by atoms with Crippen molar-refractivity contribution in [2.24, 2.45) is 0 Å². The number of rotatable bonds is 5. The largest absolute Gasteiger partial charge is 0.508 e. The van der Waals surface area contributed by atoms with Gasteiger partial charge in [-0.05, 0) is 96.6 Å². The van der Waals surface area contributed by atoms with Gasteiger partial charge in [-0.1, -0.05) is 12.1 Å². The van der Waals surface area contributed by atoms with E-state index >= 15 is 0 Å². The zero-order chi connectivity index (χ0) is 72.3. The maximum atomic E-state index is 13.7. The molecule has 20 N–H and O–H groups in total. The SMILES string of the molecule is Oc1ccc2c(c1)OC1(c3ccc(O)c(O)c3)Oc3cc(O)c4c(c3C2C1O)OC1(c2ccc(O)c(O)c2)Oc2cc(O)c3c(c2C4C1O)OC1(c2ccc(O)c(O)c2)Oc2cc(O)c4c(c2C3C1O)OC1(c2ccc(O)c(O)c2)Oc2cc(O)c3c(c2C4C1O)OC(c1ccc(O)c(O)c1)C(O)C3. The van der Waals surface area contributed by atoms with Crippen LogP contribution in [0.3, 0.4) is 0 Å². The van der Waals surface area contributed by atoms with Crippen molar-refractivity contribution in [3.05, 3.63) is 211 Å². The van der Waals surface area contributed by atoms with Crippen LogP contribution < -0.4 is 42.6 Å². The summed E-state index contributed by atoms with van der Waals surface area (Å²) in [6.07, 6.45) is -11.6. The van der Waals surface area contributed by atoms with Crippen LogP contribution in [0.4, 0.5) is 0 Å². The van der Waals surface area contributed by atoms with E-state index in [9.17, 15) is 102 Å². The van der Waals surface area contributed by atoms with Crippen LogP contribution in [0.25, 0.3) is 0 Å². The Morgan fingerprint density at radius 3 is 0.981 bits per heavy atom. The Balaban J connectivity index is 0.876. The van der Waals surface area contributed by atoms with Gasteiger partial charge in [0.25, 0.3) is 0 Å². The van der Waals surface area contributed by atoms with Crippen LogP contribution in [-0.4, -0.2) is 133 Å². The van der Waals surface area contributed by atoms with Crippen LogP contribution in [0.15, 0.2) is 133 Å². The van der Waals surface area contributed by atoms with Crippen LogP contribution in [0.2, 0.25) is 0 Å². The summed E-state index contributed by atoms with van der Waals surface area (Å²) in [6.45, 7) is 0. The lowest BCUT2D eigenvalue weighted by Crippen LogP contribution is -2.61. The van der Waals surface area contributed by atoms with Gasteiger partial charge in [0.1, 0.15) is 111 Å². The Kier molecular flexibility index (Phi) is 12.3. The minimum Gasteiger partial charge on any atom is -0.508 e. The smallest absolute Gasteiger partial charge is 0.305 e. The highest BCUT2D eigenvalue weighted by atomic mass is 16.7. The fourth-order valence-electron chi connectivity index (χ4n) is 16.8. The average Bonchev–Trinajstić information content (AvgIpc) is 0.671. The minimum atomic E-state index is -2.77. The summed E-state index contributed by atoms with van der Waals surface area (Å²) in [4.78, 5) is 0. The van der Waals surface area contributed by atoms with Crippen LogP contribution in [0.5, 0.6) is 138 Å². The van der Waals surface area contributed by atoms with Gasteiger partial charge in [-0.25, -0.2) is 0 Å². The molecule has 528 valence electrons. The minimum absolute atomic E-state index is 0.0397. The quantitative estimate of drug-likeness (QED) is 0.0785. The fraction of sp³-hybridized carbons (Fsp3) is 0.200. The molecule has 0 fully saturated rings. The Hall–Kier alpha value is -12.8. The first-order chi connectivity index (χ1) is 49.6. The number of hydrogen-bond acceptors (Lipinski definition) is 29. The first kappa shape index (κ1) is 62.2. The molecular weight excluding hydrogens is 1360 g/mol. The van der Waals surface area contributed by atoms with Crippen LogP contribution in [0.1, 0.15) is 108 Å². The number of ether oxygens (including phenoxy) is 9. The van der Waals surface area contributed by atoms with Crippen LogP contribution in [-0.2, 0) is 29.6 Å². The molecule has 0 aromatic heterocycles. The molecule has 14 unspecified atom stereocenters. The number of aromatic hydroxyl groups is 15. The standard InChI is InChI=1S/C75H54O29/c76-29-6-7-30-47(18-29)97-72(25-2-9-33(78)39(84)14-25)68(92)52(30)56-49(98-72)21-43(88)54-61-58-51(100-74(70(61)94,102-65(54)56)27-4-11-35(80)41(86)16-27)23-45(90)55-62-59-50(101-75(71(62)95,104-67(55)58)28-5-12-36(81)42(87)17-28)22-44(89)53-60-57-48(99-73(69(60)93,103-66(53)59)26-3-10-34(79)40(85)15-26)20-37(82)31-19-46(91)63(96-64(31)57)24-1-8-32(77)38(83)13-24/h1-18,20-23,46,52,60-63,68-71,76-95H,19H2. The van der Waals surface area contributed by atoms with Crippen molar-refractivity contribution in [1.82, 2.24) is 0 Å². The lowest BCUT2D eigenvalue weighted by Gasteiger charge is -2.55. The van der Waals surface area contributed by atoms with Crippen molar-refractivity contribution >= 4 is 0 Å². The van der Waals surface area contributed by atoms with Gasteiger partial charge in [-0.15, -0.1) is 0 Å². The zero-order valence-corrected chi connectivity index (χ0v) is 52.8. The van der Waals surface area contributed by atoms with Crippen LogP contribution >= 0.6 is 0 Å². The third kappa shape index (κ3) is 7.86. The van der Waals surface area contributed by atoms with E-state index in [1.807, 2.05) is 0 Å². The van der Waals surface area contributed by atoms with Crippen molar-refractivity contribution in [2.75, 3.05) is 0 Å². The molecule has 9 aliphatic heterocycles. The highest BCUT2D eigenvalue weighted by Crippen LogP contribution is 2.72. The van der Waals surface area contributed by atoms with Gasteiger partial charge in [0.15, 0.2) is 57.5 Å². The van der Waals surface area contributed by atoms with Gasteiger partial charge in [0.2, 0.25) is 0 Å². The molecule has 10 aromatic rings. The number of aliphatic hydroxyl groups is 5. The highest BCUT2D eigenvalue weighted by Gasteiger charge is 2.69. The normalized spacial score (nSPS) is 28.1. The lowest BCUT2D eigenvalue weighted by molar-refractivity contribution is -0.233. The van der Waals surface area contributed by atoms with Crippen molar-refractivity contribution in [1.29, 1.82) is 0 Å². The molecule has 0 radical (unpaired) electrons. The predicted molar refractivity (Wildman–Crippen MR) is 346 cm³/mol. The molecule has 29 nitrogen and oxygen atoms in total. The van der Waals surface area contributed by atoms with Gasteiger partial charge in [-0.2, -0.15) is 0 Å². The van der Waals surface area contributed by atoms with Gasteiger partial charge in [0, 0.05) is 109 Å². The summed E-state index contributed by atoms with van der Waals surface area (Å²) in [7, 11) is 0. The zero-order valence-electron chi connectivity index (χ0n) is 52.8. The van der Waals surface area contributed by atoms with Gasteiger partial charge < -0.3 is 145 Å². The van der Waals surface area contributed by atoms with E-state index in [2.05, 4.69) is 0 Å². The second-order valence-electron chi connectivity index (χ2n) is 27.0. The molecule has 0 saturated carbocycles. The van der Waals surface area contributed by atoms with Crippen molar-refractivity contribution < 1.29 is 145 Å². The molecule has 29 heteroatoms. The third-order valence-corrected chi connectivity index (χ3v) is 21.5. The molecule has 0 saturated heterocycles. The van der Waals surface area contributed by atoms with Gasteiger partial charge in [-0.3, -0.25) is 0 Å². The monoisotopic (exact) mass is 1420 g/mol. The van der Waals surface area contributed by atoms with E-state index in [0.717, 1.165) is 84.9 Å². The van der Waals surface area contributed by atoms with E-state index in [1.54, 1.807) is 0 Å². The topological polar surface area (TPSA) is 488 Å². The summed E-state index contributed by atoms with van der Waals surface area (Å²) in [6, 6.07) is 25.2. The maximum Gasteiger partial charge on any atom is 0.305 e. The Morgan fingerprint density at radius 2 is 0.596 bits per heavy atom. The third-order valence-electron chi connectivity index (χ3n) is 21.5. The first-order valence-electron chi connectivity index (χ1n) is 32.3. The number of benzene rings is 10. The molecule has 19 rings (SSSR count). The molecule has 9 heterocycles. The van der Waals surface area contributed by atoms with E-state index < -0.39 is 198 Å². The lowest BCUT2D eigenvalue weighted by atomic mass is 9.68. The van der Waals surface area contributed by atoms with Crippen LogP contribution in [0, 0.1) is 0 Å². The first-order valence-corrected chi connectivity index (χ1v) is 32.3. The van der Waals surface area contributed by atoms with Crippen molar-refractivity contribution in [3.63, 3.8) is 0 Å². The van der Waals surface area contributed by atoms with E-state index in [1.165, 1.54) is 48.5 Å². The second kappa shape index (κ2) is 20.5. The summed E-state index contributed by atoms with van der Waals surface area (Å²) >= 11 is 0. The average molecular weight is 1420 g/mol. The highest BCUT2D eigenvalue weighted by molar-refractivity contribution is 5.78. The maximum absolute atomic E-state index is 13.7.